The summed E-state index contributed by atoms with van der Waals surface area (Å²) in [4.78, 5) is 34.4. The van der Waals surface area contributed by atoms with Gasteiger partial charge in [-0.05, 0) is 30.7 Å². The minimum absolute atomic E-state index is 0.0636. The molecular weight excluding hydrogens is 400 g/mol. The molecule has 146 valence electrons. The zero-order valence-electron chi connectivity index (χ0n) is 13.8. The van der Waals surface area contributed by atoms with E-state index in [0.717, 1.165) is 5.01 Å². The summed E-state index contributed by atoms with van der Waals surface area (Å²) in [6.45, 7) is -0.314. The molecule has 4 amide bonds. The summed E-state index contributed by atoms with van der Waals surface area (Å²) in [5, 5.41) is 2.80. The van der Waals surface area contributed by atoms with Crippen LogP contribution in [0.4, 0.5) is 4.79 Å². The molecule has 0 aromatic heterocycles. The highest BCUT2D eigenvalue weighted by atomic mass is 32.2. The second-order valence-corrected chi connectivity index (χ2v) is 10.1. The molecule has 13 heteroatoms. The molecule has 0 spiro atoms. The molecule has 0 radical (unpaired) electrons. The van der Waals surface area contributed by atoms with Crippen LogP contribution in [0, 0.1) is 0 Å². The Balaban J connectivity index is 1.66. The van der Waals surface area contributed by atoms with Crippen molar-refractivity contribution in [3.05, 3.63) is 29.8 Å². The Morgan fingerprint density at radius 1 is 1.19 bits per heavy atom. The molecule has 11 nitrogen and oxygen atoms in total. The van der Waals surface area contributed by atoms with Crippen molar-refractivity contribution in [1.29, 1.82) is 0 Å². The standard InChI is InChI=1S/C14H16N4O7S2/c19-12-7-18(14(21)15-12)16-13(20)9-1-3-11(4-2-9)27(24,25)17-10-5-6-26(22,23)8-10/h1-4,10,17H,5-8H2,(H,16,20)(H,15,19,21). The zero-order chi connectivity index (χ0) is 19.8. The van der Waals surface area contributed by atoms with Crippen molar-refractivity contribution in [2.24, 2.45) is 0 Å². The summed E-state index contributed by atoms with van der Waals surface area (Å²) >= 11 is 0. The number of hydrogen-bond donors (Lipinski definition) is 3. The van der Waals surface area contributed by atoms with Gasteiger partial charge in [0.15, 0.2) is 9.84 Å². The molecule has 3 N–H and O–H groups in total. The van der Waals surface area contributed by atoms with Crippen LogP contribution < -0.4 is 15.5 Å². The first-order valence-electron chi connectivity index (χ1n) is 7.81. The van der Waals surface area contributed by atoms with Gasteiger partial charge >= 0.3 is 6.03 Å². The molecule has 2 fully saturated rings. The number of hydrogen-bond acceptors (Lipinski definition) is 7. The average molecular weight is 416 g/mol. The second-order valence-electron chi connectivity index (χ2n) is 6.13. The largest absolute Gasteiger partial charge is 0.343 e. The van der Waals surface area contributed by atoms with Crippen LogP contribution in [-0.4, -0.2) is 63.8 Å². The van der Waals surface area contributed by atoms with Gasteiger partial charge in [-0.2, -0.15) is 0 Å². The number of rotatable bonds is 5. The van der Waals surface area contributed by atoms with E-state index in [9.17, 15) is 31.2 Å². The lowest BCUT2D eigenvalue weighted by atomic mass is 10.2. The van der Waals surface area contributed by atoms with Crippen molar-refractivity contribution in [2.45, 2.75) is 17.4 Å². The number of urea groups is 1. The monoisotopic (exact) mass is 416 g/mol. The Morgan fingerprint density at radius 2 is 1.85 bits per heavy atom. The molecule has 3 rings (SSSR count). The number of sulfonamides is 1. The fourth-order valence-electron chi connectivity index (χ4n) is 2.68. The van der Waals surface area contributed by atoms with Crippen LogP contribution in [0.25, 0.3) is 0 Å². The van der Waals surface area contributed by atoms with Crippen LogP contribution in [-0.2, 0) is 24.7 Å². The molecule has 27 heavy (non-hydrogen) atoms. The molecule has 1 atom stereocenters. The third-order valence-electron chi connectivity index (χ3n) is 4.01. The molecule has 2 heterocycles. The van der Waals surface area contributed by atoms with Crippen molar-refractivity contribution >= 4 is 37.7 Å². The molecule has 2 aliphatic heterocycles. The lowest BCUT2D eigenvalue weighted by Crippen LogP contribution is -2.44. The number of imide groups is 1. The summed E-state index contributed by atoms with van der Waals surface area (Å²) in [5.74, 6) is -1.56. The summed E-state index contributed by atoms with van der Waals surface area (Å²) in [7, 11) is -7.17. The van der Waals surface area contributed by atoms with Gasteiger partial charge in [-0.3, -0.25) is 20.3 Å². The van der Waals surface area contributed by atoms with E-state index in [1.54, 1.807) is 0 Å². The normalized spacial score (nSPS) is 21.9. The van der Waals surface area contributed by atoms with Gasteiger partial charge in [0.25, 0.3) is 5.91 Å². The molecule has 1 aromatic rings. The molecule has 0 bridgehead atoms. The van der Waals surface area contributed by atoms with E-state index in [0.29, 0.717) is 0 Å². The van der Waals surface area contributed by atoms with Crippen LogP contribution in [0.3, 0.4) is 0 Å². The van der Waals surface area contributed by atoms with Gasteiger partial charge in [-0.15, -0.1) is 0 Å². The van der Waals surface area contributed by atoms with Gasteiger partial charge in [-0.25, -0.2) is 31.4 Å². The third kappa shape index (κ3) is 4.43. The summed E-state index contributed by atoms with van der Waals surface area (Å²) in [6.07, 6.45) is 0.207. The Hall–Kier alpha value is -2.51. The first-order valence-corrected chi connectivity index (χ1v) is 11.1. The number of nitrogens with zero attached hydrogens (tertiary/aromatic N) is 1. The van der Waals surface area contributed by atoms with Gasteiger partial charge in [-0.1, -0.05) is 0 Å². The Labute approximate surface area is 155 Å². The number of nitrogens with one attached hydrogen (secondary N) is 3. The number of amides is 4. The van der Waals surface area contributed by atoms with Gasteiger partial charge in [0.1, 0.15) is 6.54 Å². The van der Waals surface area contributed by atoms with Crippen molar-refractivity contribution in [1.82, 2.24) is 20.5 Å². The summed E-state index contributed by atoms with van der Waals surface area (Å²) in [6, 6.07) is 3.42. The van der Waals surface area contributed by atoms with Crippen LogP contribution in [0.5, 0.6) is 0 Å². The Kier molecular flexibility index (Phi) is 4.92. The van der Waals surface area contributed by atoms with Crippen molar-refractivity contribution in [2.75, 3.05) is 18.1 Å². The number of carbonyl (C=O) groups excluding carboxylic acids is 3. The van der Waals surface area contributed by atoms with Crippen LogP contribution in [0.2, 0.25) is 0 Å². The van der Waals surface area contributed by atoms with E-state index in [1.807, 2.05) is 5.32 Å². The predicted molar refractivity (Wildman–Crippen MR) is 91.5 cm³/mol. The van der Waals surface area contributed by atoms with Gasteiger partial charge < -0.3 is 0 Å². The molecule has 0 saturated carbocycles. The quantitative estimate of drug-likeness (QED) is 0.485. The second kappa shape index (κ2) is 6.90. The predicted octanol–water partition coefficient (Wildman–Crippen LogP) is -1.65. The zero-order valence-corrected chi connectivity index (χ0v) is 15.5. The average Bonchev–Trinajstić information content (AvgIpc) is 3.07. The van der Waals surface area contributed by atoms with Crippen molar-refractivity contribution in [3.8, 4) is 0 Å². The lowest BCUT2D eigenvalue weighted by Gasteiger charge is -2.15. The minimum atomic E-state index is -3.94. The molecule has 2 aliphatic rings. The van der Waals surface area contributed by atoms with E-state index < -0.39 is 43.7 Å². The first-order chi connectivity index (χ1) is 12.6. The van der Waals surface area contributed by atoms with Gasteiger partial charge in [0, 0.05) is 11.6 Å². The molecule has 1 aromatic carbocycles. The topological polar surface area (TPSA) is 159 Å². The van der Waals surface area contributed by atoms with Crippen LogP contribution in [0.1, 0.15) is 16.8 Å². The van der Waals surface area contributed by atoms with Gasteiger partial charge in [0.2, 0.25) is 15.9 Å². The molecule has 0 aliphatic carbocycles. The number of carbonyl (C=O) groups is 3. The maximum absolute atomic E-state index is 12.3. The highest BCUT2D eigenvalue weighted by molar-refractivity contribution is 7.92. The van der Waals surface area contributed by atoms with E-state index in [4.69, 9.17) is 0 Å². The highest BCUT2D eigenvalue weighted by Crippen LogP contribution is 2.16. The lowest BCUT2D eigenvalue weighted by molar-refractivity contribution is -0.118. The Bertz CT molecular complexity index is 1000. The van der Waals surface area contributed by atoms with Crippen LogP contribution in [0.15, 0.2) is 29.2 Å². The van der Waals surface area contributed by atoms with Crippen LogP contribution >= 0.6 is 0 Å². The smallest absolute Gasteiger partial charge is 0.275 e. The number of sulfone groups is 1. The van der Waals surface area contributed by atoms with E-state index in [-0.39, 0.29) is 34.9 Å². The maximum atomic E-state index is 12.3. The molecule has 2 saturated heterocycles. The first kappa shape index (κ1) is 19.3. The minimum Gasteiger partial charge on any atom is -0.275 e. The van der Waals surface area contributed by atoms with Crippen molar-refractivity contribution < 1.29 is 31.2 Å². The SMILES string of the molecule is O=C1CN(NC(=O)c2ccc(S(=O)(=O)NC3CCS(=O)(=O)C3)cc2)C(=O)N1. The highest BCUT2D eigenvalue weighted by Gasteiger charge is 2.32. The maximum Gasteiger partial charge on any atom is 0.343 e. The third-order valence-corrected chi connectivity index (χ3v) is 7.32. The fraction of sp³-hybridized carbons (Fsp3) is 0.357. The van der Waals surface area contributed by atoms with E-state index in [2.05, 4.69) is 10.1 Å². The van der Waals surface area contributed by atoms with Crippen molar-refractivity contribution in [3.63, 3.8) is 0 Å². The molecular formula is C14H16N4O7S2. The van der Waals surface area contributed by atoms with E-state index >= 15 is 0 Å². The number of benzene rings is 1. The van der Waals surface area contributed by atoms with E-state index in [1.165, 1.54) is 24.3 Å². The summed E-state index contributed by atoms with van der Waals surface area (Å²) < 4.78 is 49.9. The Morgan fingerprint density at radius 3 is 2.37 bits per heavy atom. The summed E-state index contributed by atoms with van der Waals surface area (Å²) in [5.41, 5.74) is 2.30. The number of hydrazine groups is 1. The van der Waals surface area contributed by atoms with Gasteiger partial charge in [0.05, 0.1) is 16.4 Å². The fourth-order valence-corrected chi connectivity index (χ4v) is 5.73. The molecule has 1 unspecified atom stereocenters.